The summed E-state index contributed by atoms with van der Waals surface area (Å²) in [6.07, 6.45) is 0.417. The van der Waals surface area contributed by atoms with Crippen LogP contribution in [-0.2, 0) is 19.7 Å². The summed E-state index contributed by atoms with van der Waals surface area (Å²) in [5.74, 6) is -2.37. The topological polar surface area (TPSA) is 106 Å². The Hall–Kier alpha value is -0.930. The molecule has 0 saturated heterocycles. The summed E-state index contributed by atoms with van der Waals surface area (Å²) in [6, 6.07) is 3.60. The van der Waals surface area contributed by atoms with E-state index in [9.17, 15) is 21.6 Å². The molecule has 0 saturated carbocycles. The molecule has 0 aromatic heterocycles. The second-order valence-corrected chi connectivity index (χ2v) is 9.66. The monoisotopic (exact) mass is 398 g/mol. The molecular weight excluding hydrogens is 384 g/mol. The van der Waals surface area contributed by atoms with Crippen molar-refractivity contribution in [1.82, 2.24) is 0 Å². The molecule has 0 amide bonds. The van der Waals surface area contributed by atoms with Crippen molar-refractivity contribution in [3.05, 3.63) is 28.2 Å². The smallest absolute Gasteiger partial charge is 0.335 e. The van der Waals surface area contributed by atoms with Gasteiger partial charge in [0.1, 0.15) is 0 Å². The average molecular weight is 399 g/mol. The zero-order valence-electron chi connectivity index (χ0n) is 11.2. The number of halogens is 1. The lowest BCUT2D eigenvalue weighted by Crippen LogP contribution is -2.20. The van der Waals surface area contributed by atoms with Crippen LogP contribution in [0.4, 0.5) is 0 Å². The summed E-state index contributed by atoms with van der Waals surface area (Å²) < 4.78 is 47.8. The SMILES string of the molecule is CCCS(=O)(=O)CCS(=O)(=O)c1cc(C(=O)O)ccc1Br. The Balaban J connectivity index is 3.09. The maximum absolute atomic E-state index is 12.2. The van der Waals surface area contributed by atoms with Gasteiger partial charge in [-0.05, 0) is 40.5 Å². The molecule has 1 rings (SSSR count). The number of hydrogen-bond acceptors (Lipinski definition) is 5. The normalized spacial score (nSPS) is 12.3. The van der Waals surface area contributed by atoms with Crippen molar-refractivity contribution in [2.75, 3.05) is 17.3 Å². The van der Waals surface area contributed by atoms with Crippen molar-refractivity contribution in [3.8, 4) is 0 Å². The molecule has 1 N–H and O–H groups in total. The highest BCUT2D eigenvalue weighted by molar-refractivity contribution is 9.10. The average Bonchev–Trinajstić information content (AvgIpc) is 2.36. The minimum Gasteiger partial charge on any atom is -0.478 e. The van der Waals surface area contributed by atoms with Gasteiger partial charge in [0, 0.05) is 10.2 Å². The molecule has 9 heteroatoms. The van der Waals surface area contributed by atoms with Crippen molar-refractivity contribution in [3.63, 3.8) is 0 Å². The van der Waals surface area contributed by atoms with E-state index in [1.165, 1.54) is 12.1 Å². The third kappa shape index (κ3) is 5.08. The molecule has 0 fully saturated rings. The predicted molar refractivity (Wildman–Crippen MR) is 82.1 cm³/mol. The molecule has 118 valence electrons. The van der Waals surface area contributed by atoms with Crippen molar-refractivity contribution in [1.29, 1.82) is 0 Å². The highest BCUT2D eigenvalue weighted by atomic mass is 79.9. The first-order valence-corrected chi connectivity index (χ1v) is 10.3. The van der Waals surface area contributed by atoms with Crippen LogP contribution in [-0.4, -0.2) is 45.2 Å². The minimum atomic E-state index is -3.89. The number of sulfone groups is 2. The Morgan fingerprint density at radius 2 is 1.76 bits per heavy atom. The van der Waals surface area contributed by atoms with Crippen molar-refractivity contribution < 1.29 is 26.7 Å². The van der Waals surface area contributed by atoms with Crippen LogP contribution in [0.1, 0.15) is 23.7 Å². The summed E-state index contributed by atoms with van der Waals surface area (Å²) in [5, 5.41) is 8.89. The van der Waals surface area contributed by atoms with Gasteiger partial charge in [0.15, 0.2) is 19.7 Å². The fourth-order valence-electron chi connectivity index (χ4n) is 1.63. The number of aromatic carboxylic acids is 1. The number of carboxylic acids is 1. The third-order valence-electron chi connectivity index (χ3n) is 2.69. The van der Waals surface area contributed by atoms with Gasteiger partial charge in [-0.1, -0.05) is 6.92 Å². The lowest BCUT2D eigenvalue weighted by molar-refractivity contribution is 0.0696. The highest BCUT2D eigenvalue weighted by Crippen LogP contribution is 2.24. The van der Waals surface area contributed by atoms with E-state index in [2.05, 4.69) is 15.9 Å². The maximum Gasteiger partial charge on any atom is 0.335 e. The second kappa shape index (κ2) is 6.89. The Morgan fingerprint density at radius 3 is 2.29 bits per heavy atom. The van der Waals surface area contributed by atoms with Gasteiger partial charge in [0.25, 0.3) is 0 Å². The fourth-order valence-corrected chi connectivity index (χ4v) is 6.23. The summed E-state index contributed by atoms with van der Waals surface area (Å²) in [5.41, 5.74) is -0.173. The quantitative estimate of drug-likeness (QED) is 0.749. The number of carbonyl (C=O) groups is 1. The fraction of sp³-hybridized carbons (Fsp3) is 0.417. The second-order valence-electron chi connectivity index (χ2n) is 4.42. The Labute approximate surface area is 132 Å². The van der Waals surface area contributed by atoms with Crippen LogP contribution in [0.3, 0.4) is 0 Å². The van der Waals surface area contributed by atoms with E-state index in [4.69, 9.17) is 5.11 Å². The predicted octanol–water partition coefficient (Wildman–Crippen LogP) is 1.75. The number of carboxylic acid groups (broad SMARTS) is 1. The van der Waals surface area contributed by atoms with Crippen molar-refractivity contribution in [2.45, 2.75) is 18.2 Å². The van der Waals surface area contributed by atoms with Gasteiger partial charge in [-0.2, -0.15) is 0 Å². The van der Waals surface area contributed by atoms with Gasteiger partial charge in [-0.15, -0.1) is 0 Å². The lowest BCUT2D eigenvalue weighted by atomic mass is 10.2. The van der Waals surface area contributed by atoms with Crippen LogP contribution in [0.5, 0.6) is 0 Å². The van der Waals surface area contributed by atoms with Gasteiger partial charge < -0.3 is 5.11 Å². The van der Waals surface area contributed by atoms with E-state index < -0.39 is 37.1 Å². The number of rotatable bonds is 7. The van der Waals surface area contributed by atoms with Crippen LogP contribution < -0.4 is 0 Å². The standard InChI is InChI=1S/C12H15BrO6S2/c1-2-5-20(16,17)6-7-21(18,19)11-8-9(12(14)15)3-4-10(11)13/h3-4,8H,2,5-7H2,1H3,(H,14,15). The molecule has 1 aromatic rings. The molecule has 0 atom stereocenters. The first kappa shape index (κ1) is 18.1. The molecule has 0 unspecified atom stereocenters. The zero-order chi connectivity index (χ0) is 16.3. The number of hydrogen-bond donors (Lipinski definition) is 1. The summed E-state index contributed by atoms with van der Waals surface area (Å²) in [6.45, 7) is 1.69. The minimum absolute atomic E-state index is 0.0706. The van der Waals surface area contributed by atoms with Crippen LogP contribution >= 0.6 is 15.9 Å². The van der Waals surface area contributed by atoms with E-state index in [0.29, 0.717) is 6.42 Å². The van der Waals surface area contributed by atoms with E-state index in [-0.39, 0.29) is 20.7 Å². The summed E-state index contributed by atoms with van der Waals surface area (Å²) in [4.78, 5) is 10.7. The molecule has 0 aliphatic rings. The molecule has 0 aliphatic carbocycles. The van der Waals surface area contributed by atoms with Crippen LogP contribution in [0.15, 0.2) is 27.6 Å². The largest absolute Gasteiger partial charge is 0.478 e. The first-order chi connectivity index (χ1) is 9.59. The van der Waals surface area contributed by atoms with Crippen molar-refractivity contribution in [2.24, 2.45) is 0 Å². The Kier molecular flexibility index (Phi) is 5.94. The number of benzene rings is 1. The van der Waals surface area contributed by atoms with E-state index in [0.717, 1.165) is 6.07 Å². The molecule has 1 aromatic carbocycles. The van der Waals surface area contributed by atoms with Gasteiger partial charge in [0.2, 0.25) is 0 Å². The highest BCUT2D eigenvalue weighted by Gasteiger charge is 2.23. The molecule has 0 aliphatic heterocycles. The van der Waals surface area contributed by atoms with E-state index in [1.54, 1.807) is 6.92 Å². The molecule has 6 nitrogen and oxygen atoms in total. The van der Waals surface area contributed by atoms with Gasteiger partial charge in [0.05, 0.1) is 22.0 Å². The van der Waals surface area contributed by atoms with Crippen LogP contribution in [0, 0.1) is 0 Å². The first-order valence-electron chi connectivity index (χ1n) is 6.05. The Bertz CT molecular complexity index is 737. The molecule has 0 spiro atoms. The molecular formula is C12H15BrO6S2. The molecule has 21 heavy (non-hydrogen) atoms. The lowest BCUT2D eigenvalue weighted by Gasteiger charge is -2.08. The Morgan fingerprint density at radius 1 is 1.14 bits per heavy atom. The van der Waals surface area contributed by atoms with Gasteiger partial charge >= 0.3 is 5.97 Å². The van der Waals surface area contributed by atoms with E-state index in [1.807, 2.05) is 0 Å². The third-order valence-corrected chi connectivity index (χ3v) is 7.51. The zero-order valence-corrected chi connectivity index (χ0v) is 14.5. The van der Waals surface area contributed by atoms with Gasteiger partial charge in [-0.25, -0.2) is 21.6 Å². The van der Waals surface area contributed by atoms with Gasteiger partial charge in [-0.3, -0.25) is 0 Å². The van der Waals surface area contributed by atoms with Crippen molar-refractivity contribution >= 4 is 41.6 Å². The molecule has 0 heterocycles. The van der Waals surface area contributed by atoms with E-state index >= 15 is 0 Å². The summed E-state index contributed by atoms with van der Waals surface area (Å²) >= 11 is 3.05. The summed E-state index contributed by atoms with van der Waals surface area (Å²) in [7, 11) is -7.31. The molecule has 0 bridgehead atoms. The molecule has 0 radical (unpaired) electrons. The van der Waals surface area contributed by atoms with Crippen LogP contribution in [0.2, 0.25) is 0 Å². The maximum atomic E-state index is 12.2. The van der Waals surface area contributed by atoms with Crippen LogP contribution in [0.25, 0.3) is 0 Å².